The molecule has 7 heteroatoms. The Labute approximate surface area is 116 Å². The first kappa shape index (κ1) is 14.0. The van der Waals surface area contributed by atoms with E-state index < -0.39 is 0 Å². The fraction of sp³-hybridized carbons (Fsp3) is 0.385. The molecule has 0 unspecified atom stereocenters. The van der Waals surface area contributed by atoms with Crippen LogP contribution >= 0.6 is 0 Å². The molecule has 20 heavy (non-hydrogen) atoms. The Bertz CT molecular complexity index is 564. The number of carbonyl (C=O) groups is 1. The van der Waals surface area contributed by atoms with Crippen molar-refractivity contribution in [3.05, 3.63) is 30.1 Å². The number of carbonyl (C=O) groups excluding carboxylic acids is 1. The molecular weight excluding hydrogens is 258 g/mol. The van der Waals surface area contributed by atoms with Crippen molar-refractivity contribution in [2.75, 3.05) is 5.32 Å². The van der Waals surface area contributed by atoms with Gasteiger partial charge in [0.2, 0.25) is 5.91 Å². The number of aromatic nitrogens is 4. The number of aryl methyl sites for hydroxylation is 1. The standard InChI is InChI=1S/C13H17N5O2/c1-3-8-18-13(15-16-17-18)9-20-12-6-4-11(5-7-12)14-10(2)19/h4-7H,3,8-9H2,1-2H3,(H,14,19). The van der Waals surface area contributed by atoms with Crippen LogP contribution in [0.4, 0.5) is 5.69 Å². The molecule has 0 fully saturated rings. The van der Waals surface area contributed by atoms with E-state index in [1.165, 1.54) is 6.92 Å². The van der Waals surface area contributed by atoms with Gasteiger partial charge in [0.1, 0.15) is 12.4 Å². The van der Waals surface area contributed by atoms with Crippen LogP contribution in [0.1, 0.15) is 26.1 Å². The van der Waals surface area contributed by atoms with Gasteiger partial charge in [-0.2, -0.15) is 0 Å². The maximum atomic E-state index is 10.9. The molecule has 1 amide bonds. The number of hydrogen-bond donors (Lipinski definition) is 1. The summed E-state index contributed by atoms with van der Waals surface area (Å²) in [6.07, 6.45) is 0.962. The molecule has 0 radical (unpaired) electrons. The van der Waals surface area contributed by atoms with Gasteiger partial charge in [-0.1, -0.05) is 6.92 Å². The minimum Gasteiger partial charge on any atom is -0.486 e. The number of nitrogens with one attached hydrogen (secondary N) is 1. The molecule has 1 heterocycles. The fourth-order valence-electron chi connectivity index (χ4n) is 1.70. The van der Waals surface area contributed by atoms with Crippen molar-refractivity contribution in [3.8, 4) is 5.75 Å². The van der Waals surface area contributed by atoms with E-state index in [0.717, 1.165) is 18.7 Å². The van der Waals surface area contributed by atoms with Gasteiger partial charge in [-0.3, -0.25) is 4.79 Å². The van der Waals surface area contributed by atoms with E-state index >= 15 is 0 Å². The SMILES string of the molecule is CCCn1nnnc1COc1ccc(NC(C)=O)cc1. The van der Waals surface area contributed by atoms with Gasteiger partial charge < -0.3 is 10.1 Å². The Morgan fingerprint density at radius 3 is 2.75 bits per heavy atom. The van der Waals surface area contributed by atoms with Crippen molar-refractivity contribution in [2.24, 2.45) is 0 Å². The first-order chi connectivity index (χ1) is 9.69. The molecule has 1 N–H and O–H groups in total. The van der Waals surface area contributed by atoms with Gasteiger partial charge in [-0.15, -0.1) is 5.10 Å². The van der Waals surface area contributed by atoms with Crippen LogP contribution in [0.25, 0.3) is 0 Å². The van der Waals surface area contributed by atoms with Crippen LogP contribution in [-0.2, 0) is 17.9 Å². The number of ether oxygens (including phenoxy) is 1. The molecule has 106 valence electrons. The summed E-state index contributed by atoms with van der Waals surface area (Å²) in [5.41, 5.74) is 0.737. The molecule has 0 aliphatic heterocycles. The van der Waals surface area contributed by atoms with E-state index in [9.17, 15) is 4.79 Å². The van der Waals surface area contributed by atoms with Crippen LogP contribution in [-0.4, -0.2) is 26.1 Å². The first-order valence-electron chi connectivity index (χ1n) is 6.44. The maximum absolute atomic E-state index is 10.9. The van der Waals surface area contributed by atoms with E-state index in [2.05, 4.69) is 27.8 Å². The molecule has 0 saturated carbocycles. The summed E-state index contributed by atoms with van der Waals surface area (Å²) < 4.78 is 7.35. The van der Waals surface area contributed by atoms with Crippen molar-refractivity contribution in [1.82, 2.24) is 20.2 Å². The molecule has 0 spiro atoms. The number of nitrogens with zero attached hydrogens (tertiary/aromatic N) is 4. The normalized spacial score (nSPS) is 10.3. The van der Waals surface area contributed by atoms with E-state index in [0.29, 0.717) is 18.2 Å². The van der Waals surface area contributed by atoms with Crippen molar-refractivity contribution < 1.29 is 9.53 Å². The van der Waals surface area contributed by atoms with Gasteiger partial charge in [-0.05, 0) is 41.1 Å². The lowest BCUT2D eigenvalue weighted by molar-refractivity contribution is -0.114. The third-order valence-corrected chi connectivity index (χ3v) is 2.58. The van der Waals surface area contributed by atoms with Gasteiger partial charge in [0.15, 0.2) is 5.82 Å². The van der Waals surface area contributed by atoms with Crippen LogP contribution in [0.2, 0.25) is 0 Å². The number of benzene rings is 1. The highest BCUT2D eigenvalue weighted by atomic mass is 16.5. The Morgan fingerprint density at radius 1 is 1.35 bits per heavy atom. The number of hydrogen-bond acceptors (Lipinski definition) is 5. The molecule has 2 aromatic rings. The quantitative estimate of drug-likeness (QED) is 0.866. The van der Waals surface area contributed by atoms with E-state index in [1.54, 1.807) is 28.9 Å². The summed E-state index contributed by atoms with van der Waals surface area (Å²) in [7, 11) is 0. The monoisotopic (exact) mass is 275 g/mol. The lowest BCUT2D eigenvalue weighted by Gasteiger charge is -2.07. The van der Waals surface area contributed by atoms with Gasteiger partial charge in [-0.25, -0.2) is 4.68 Å². The van der Waals surface area contributed by atoms with Gasteiger partial charge in [0.25, 0.3) is 0 Å². The number of anilines is 1. The molecule has 0 aliphatic carbocycles. The third kappa shape index (κ3) is 3.78. The molecule has 0 aliphatic rings. The van der Waals surface area contributed by atoms with Crippen LogP contribution in [0.5, 0.6) is 5.75 Å². The maximum Gasteiger partial charge on any atom is 0.221 e. The molecule has 2 rings (SSSR count). The molecule has 0 bridgehead atoms. The van der Waals surface area contributed by atoms with Gasteiger partial charge >= 0.3 is 0 Å². The van der Waals surface area contributed by atoms with Crippen LogP contribution in [0.3, 0.4) is 0 Å². The fourth-order valence-corrected chi connectivity index (χ4v) is 1.70. The average Bonchev–Trinajstić information content (AvgIpc) is 2.85. The highest BCUT2D eigenvalue weighted by Gasteiger charge is 2.06. The minimum absolute atomic E-state index is 0.0996. The van der Waals surface area contributed by atoms with Crippen molar-refractivity contribution in [3.63, 3.8) is 0 Å². The molecule has 0 atom stereocenters. The Hall–Kier alpha value is -2.44. The third-order valence-electron chi connectivity index (χ3n) is 2.58. The van der Waals surface area contributed by atoms with Crippen molar-refractivity contribution in [1.29, 1.82) is 0 Å². The summed E-state index contributed by atoms with van der Waals surface area (Å²) in [5.74, 6) is 1.29. The highest BCUT2D eigenvalue weighted by molar-refractivity contribution is 5.88. The molecule has 0 saturated heterocycles. The second-order valence-corrected chi connectivity index (χ2v) is 4.31. The lowest BCUT2D eigenvalue weighted by atomic mass is 10.3. The Balaban J connectivity index is 1.93. The molecule has 1 aromatic heterocycles. The van der Waals surface area contributed by atoms with Crippen LogP contribution in [0.15, 0.2) is 24.3 Å². The second kappa shape index (κ2) is 6.65. The predicted molar refractivity (Wildman–Crippen MR) is 73.2 cm³/mol. The Morgan fingerprint density at radius 2 is 2.10 bits per heavy atom. The van der Waals surface area contributed by atoms with Gasteiger partial charge in [0, 0.05) is 19.2 Å². The summed E-state index contributed by atoms with van der Waals surface area (Å²) in [6, 6.07) is 7.15. The summed E-state index contributed by atoms with van der Waals surface area (Å²) >= 11 is 0. The van der Waals surface area contributed by atoms with Crippen LogP contribution < -0.4 is 10.1 Å². The van der Waals surface area contributed by atoms with Crippen LogP contribution in [0, 0.1) is 0 Å². The van der Waals surface area contributed by atoms with E-state index in [4.69, 9.17) is 4.74 Å². The number of tetrazole rings is 1. The lowest BCUT2D eigenvalue weighted by Crippen LogP contribution is -2.08. The van der Waals surface area contributed by atoms with Gasteiger partial charge in [0.05, 0.1) is 0 Å². The molecule has 7 nitrogen and oxygen atoms in total. The summed E-state index contributed by atoms with van der Waals surface area (Å²) in [6.45, 7) is 4.62. The average molecular weight is 275 g/mol. The zero-order valence-electron chi connectivity index (χ0n) is 11.5. The first-order valence-corrected chi connectivity index (χ1v) is 6.44. The zero-order chi connectivity index (χ0) is 14.4. The summed E-state index contributed by atoms with van der Waals surface area (Å²) in [5, 5.41) is 14.2. The largest absolute Gasteiger partial charge is 0.486 e. The van der Waals surface area contributed by atoms with Crippen molar-refractivity contribution >= 4 is 11.6 Å². The van der Waals surface area contributed by atoms with E-state index in [-0.39, 0.29) is 5.91 Å². The Kier molecular flexibility index (Phi) is 4.65. The minimum atomic E-state index is -0.0996. The highest BCUT2D eigenvalue weighted by Crippen LogP contribution is 2.16. The molecular formula is C13H17N5O2. The van der Waals surface area contributed by atoms with E-state index in [1.807, 2.05) is 0 Å². The summed E-state index contributed by atoms with van der Waals surface area (Å²) in [4.78, 5) is 10.9. The predicted octanol–water partition coefficient (Wildman–Crippen LogP) is 1.62. The number of amides is 1. The number of rotatable bonds is 6. The smallest absolute Gasteiger partial charge is 0.221 e. The molecule has 1 aromatic carbocycles. The second-order valence-electron chi connectivity index (χ2n) is 4.31. The van der Waals surface area contributed by atoms with Crippen molar-refractivity contribution in [2.45, 2.75) is 33.4 Å². The topological polar surface area (TPSA) is 81.9 Å². The zero-order valence-corrected chi connectivity index (χ0v) is 11.5.